The molecule has 0 fully saturated rings. The predicted molar refractivity (Wildman–Crippen MR) is 103 cm³/mol. The summed E-state index contributed by atoms with van der Waals surface area (Å²) in [5, 5.41) is 2.14. The Bertz CT molecular complexity index is 635. The van der Waals surface area contributed by atoms with Crippen LogP contribution in [-0.4, -0.2) is 23.2 Å². The topological polar surface area (TPSA) is 55.4 Å². The van der Waals surface area contributed by atoms with Gasteiger partial charge >= 0.3 is 5.97 Å². The SMILES string of the molecule is CC(C)OC(=O)C(Sc1cc(NC(=O)C(C)C)c(F)cc1Br)C(C)C. The fourth-order valence-electron chi connectivity index (χ4n) is 1.88. The van der Waals surface area contributed by atoms with Gasteiger partial charge in [-0.25, -0.2) is 4.39 Å². The Hall–Kier alpha value is -1.08. The molecular formula is C18H25BrFNO3S. The van der Waals surface area contributed by atoms with Crippen LogP contribution in [0.1, 0.15) is 41.5 Å². The third-order valence-electron chi connectivity index (χ3n) is 3.25. The van der Waals surface area contributed by atoms with Gasteiger partial charge in [-0.2, -0.15) is 0 Å². The lowest BCUT2D eigenvalue weighted by Crippen LogP contribution is -2.27. The maximum atomic E-state index is 14.1. The molecule has 0 aliphatic rings. The molecule has 0 aromatic heterocycles. The number of nitrogens with one attached hydrogen (secondary N) is 1. The molecule has 0 saturated carbocycles. The normalized spacial score (nSPS) is 12.6. The van der Waals surface area contributed by atoms with Crippen molar-refractivity contribution in [1.82, 2.24) is 0 Å². The lowest BCUT2D eigenvalue weighted by atomic mass is 10.1. The molecule has 1 aromatic rings. The number of hydrogen-bond donors (Lipinski definition) is 1. The fourth-order valence-corrected chi connectivity index (χ4v) is 3.54. The van der Waals surface area contributed by atoms with Crippen LogP contribution in [0.2, 0.25) is 0 Å². The van der Waals surface area contributed by atoms with Crippen molar-refractivity contribution in [3.05, 3.63) is 22.4 Å². The summed E-state index contributed by atoms with van der Waals surface area (Å²) in [6, 6.07) is 2.84. The Kier molecular flexibility index (Phi) is 8.41. The van der Waals surface area contributed by atoms with E-state index in [0.29, 0.717) is 9.37 Å². The van der Waals surface area contributed by atoms with Gasteiger partial charge in [-0.15, -0.1) is 11.8 Å². The number of carbonyl (C=O) groups is 2. The maximum Gasteiger partial charge on any atom is 0.319 e. The van der Waals surface area contributed by atoms with Gasteiger partial charge in [-0.05, 0) is 47.8 Å². The minimum Gasteiger partial charge on any atom is -0.462 e. The molecule has 1 rings (SSSR count). The van der Waals surface area contributed by atoms with Crippen LogP contribution in [0.5, 0.6) is 0 Å². The number of rotatable bonds is 7. The van der Waals surface area contributed by atoms with Crippen LogP contribution in [0.25, 0.3) is 0 Å². The molecule has 0 saturated heterocycles. The highest BCUT2D eigenvalue weighted by atomic mass is 79.9. The van der Waals surface area contributed by atoms with Crippen molar-refractivity contribution in [3.8, 4) is 0 Å². The van der Waals surface area contributed by atoms with E-state index in [4.69, 9.17) is 4.74 Å². The molecular weight excluding hydrogens is 409 g/mol. The van der Waals surface area contributed by atoms with Gasteiger partial charge in [-0.3, -0.25) is 9.59 Å². The monoisotopic (exact) mass is 433 g/mol. The predicted octanol–water partition coefficient (Wildman–Crippen LogP) is 5.25. The Morgan fingerprint density at radius 1 is 1.16 bits per heavy atom. The van der Waals surface area contributed by atoms with E-state index >= 15 is 0 Å². The molecule has 0 radical (unpaired) electrons. The number of ether oxygens (including phenoxy) is 1. The van der Waals surface area contributed by atoms with E-state index in [1.807, 2.05) is 13.8 Å². The van der Waals surface area contributed by atoms with Crippen molar-refractivity contribution >= 4 is 45.3 Å². The van der Waals surface area contributed by atoms with Crippen LogP contribution >= 0.6 is 27.7 Å². The molecule has 7 heteroatoms. The van der Waals surface area contributed by atoms with E-state index in [0.717, 1.165) is 0 Å². The summed E-state index contributed by atoms with van der Waals surface area (Å²) in [5.41, 5.74) is 0.101. The summed E-state index contributed by atoms with van der Waals surface area (Å²) >= 11 is 4.62. The molecule has 0 heterocycles. The molecule has 4 nitrogen and oxygen atoms in total. The molecule has 1 amide bonds. The molecule has 25 heavy (non-hydrogen) atoms. The van der Waals surface area contributed by atoms with Crippen LogP contribution in [-0.2, 0) is 14.3 Å². The number of benzene rings is 1. The summed E-state index contributed by atoms with van der Waals surface area (Å²) in [4.78, 5) is 24.8. The number of anilines is 1. The van der Waals surface area contributed by atoms with E-state index in [-0.39, 0.29) is 35.5 Å². The van der Waals surface area contributed by atoms with E-state index in [2.05, 4.69) is 21.2 Å². The van der Waals surface area contributed by atoms with Crippen LogP contribution in [0.15, 0.2) is 21.5 Å². The van der Waals surface area contributed by atoms with Gasteiger partial charge in [0.05, 0.1) is 11.8 Å². The average Bonchev–Trinajstić information content (AvgIpc) is 2.47. The van der Waals surface area contributed by atoms with E-state index in [1.165, 1.54) is 17.8 Å². The third-order valence-corrected chi connectivity index (χ3v) is 5.75. The minimum atomic E-state index is -0.531. The highest BCUT2D eigenvalue weighted by Crippen LogP contribution is 2.37. The van der Waals surface area contributed by atoms with Crippen LogP contribution in [0.4, 0.5) is 10.1 Å². The molecule has 0 aliphatic heterocycles. The van der Waals surface area contributed by atoms with Crippen LogP contribution in [0.3, 0.4) is 0 Å². The lowest BCUT2D eigenvalue weighted by molar-refractivity contribution is -0.147. The number of thioether (sulfide) groups is 1. The number of halogens is 2. The molecule has 1 unspecified atom stereocenters. The highest BCUT2D eigenvalue weighted by molar-refractivity contribution is 9.10. The van der Waals surface area contributed by atoms with E-state index < -0.39 is 11.1 Å². The highest BCUT2D eigenvalue weighted by Gasteiger charge is 2.27. The second-order valence-corrected chi connectivity index (χ2v) is 8.71. The largest absolute Gasteiger partial charge is 0.462 e. The van der Waals surface area contributed by atoms with Gasteiger partial charge in [0.15, 0.2) is 0 Å². The lowest BCUT2D eigenvalue weighted by Gasteiger charge is -2.21. The average molecular weight is 434 g/mol. The molecule has 0 spiro atoms. The molecule has 140 valence electrons. The Morgan fingerprint density at radius 2 is 1.76 bits per heavy atom. The van der Waals surface area contributed by atoms with Crippen molar-refractivity contribution in [1.29, 1.82) is 0 Å². The Morgan fingerprint density at radius 3 is 2.24 bits per heavy atom. The second kappa shape index (κ2) is 9.57. The van der Waals surface area contributed by atoms with Crippen molar-refractivity contribution in [3.63, 3.8) is 0 Å². The van der Waals surface area contributed by atoms with Crippen molar-refractivity contribution in [2.75, 3.05) is 5.32 Å². The smallest absolute Gasteiger partial charge is 0.319 e. The molecule has 1 aromatic carbocycles. The standard InChI is InChI=1S/C18H25BrFNO3S/c1-9(2)16(18(23)24-11(5)6)25-15-8-14(13(20)7-12(15)19)21-17(22)10(3)4/h7-11,16H,1-6H3,(H,21,22). The minimum absolute atomic E-state index is 0.0295. The Labute approximate surface area is 161 Å². The maximum absolute atomic E-state index is 14.1. The van der Waals surface area contributed by atoms with E-state index in [1.54, 1.807) is 33.8 Å². The summed E-state index contributed by atoms with van der Waals surface area (Å²) in [6.07, 6.45) is -0.202. The fraction of sp³-hybridized carbons (Fsp3) is 0.556. The van der Waals surface area contributed by atoms with Crippen molar-refractivity contribution in [2.24, 2.45) is 11.8 Å². The number of carbonyl (C=O) groups excluding carboxylic acids is 2. The number of amides is 1. The molecule has 0 aliphatic carbocycles. The zero-order valence-corrected chi connectivity index (χ0v) is 17.8. The first-order valence-corrected chi connectivity index (χ1v) is 9.87. The first-order chi connectivity index (χ1) is 11.5. The van der Waals surface area contributed by atoms with Gasteiger partial charge in [0, 0.05) is 15.3 Å². The summed E-state index contributed by atoms with van der Waals surface area (Å²) in [7, 11) is 0. The van der Waals surface area contributed by atoms with Crippen LogP contribution < -0.4 is 5.32 Å². The molecule has 0 bridgehead atoms. The van der Waals surface area contributed by atoms with Gasteiger partial charge in [0.25, 0.3) is 0 Å². The quantitative estimate of drug-likeness (QED) is 0.471. The summed E-state index contributed by atoms with van der Waals surface area (Å²) in [5.74, 6) is -1.34. The first kappa shape index (κ1) is 22.0. The second-order valence-electron chi connectivity index (χ2n) is 6.67. The van der Waals surface area contributed by atoms with Crippen molar-refractivity contribution < 1.29 is 18.7 Å². The summed E-state index contributed by atoms with van der Waals surface area (Å²) in [6.45, 7) is 10.9. The van der Waals surface area contributed by atoms with Gasteiger partial charge in [-0.1, -0.05) is 27.7 Å². The number of hydrogen-bond acceptors (Lipinski definition) is 4. The van der Waals surface area contributed by atoms with Gasteiger partial charge in [0.1, 0.15) is 11.1 Å². The Balaban J connectivity index is 3.10. The van der Waals surface area contributed by atoms with Crippen LogP contribution in [0, 0.1) is 17.7 Å². The zero-order valence-electron chi connectivity index (χ0n) is 15.4. The van der Waals surface area contributed by atoms with Gasteiger partial charge < -0.3 is 10.1 Å². The summed E-state index contributed by atoms with van der Waals surface area (Å²) < 4.78 is 20.0. The third kappa shape index (κ3) is 6.62. The van der Waals surface area contributed by atoms with E-state index in [9.17, 15) is 14.0 Å². The first-order valence-electron chi connectivity index (χ1n) is 8.20. The van der Waals surface area contributed by atoms with Gasteiger partial charge in [0.2, 0.25) is 5.91 Å². The number of esters is 1. The molecule has 1 N–H and O–H groups in total. The molecule has 1 atom stereocenters. The zero-order chi connectivity index (χ0) is 19.3. The van der Waals surface area contributed by atoms with Crippen molar-refractivity contribution in [2.45, 2.75) is 57.8 Å².